The molecule has 4 rings (SSSR count). The van der Waals surface area contributed by atoms with Gasteiger partial charge in [-0.05, 0) is 37.8 Å². The number of hydrogen-bond acceptors (Lipinski definition) is 5. The van der Waals surface area contributed by atoms with E-state index in [-0.39, 0.29) is 17.5 Å². The molecule has 0 bridgehead atoms. The Labute approximate surface area is 153 Å². The number of carboxylic acid groups (broad SMARTS) is 1. The van der Waals surface area contributed by atoms with Crippen LogP contribution in [0.25, 0.3) is 16.7 Å². The Morgan fingerprint density at radius 1 is 1.30 bits per heavy atom. The molecular weight excluding hydrogens is 353 g/mol. The number of anilines is 1. The molecule has 0 atom stereocenters. The van der Waals surface area contributed by atoms with Gasteiger partial charge in [0, 0.05) is 23.7 Å². The fourth-order valence-corrected chi connectivity index (χ4v) is 3.49. The smallest absolute Gasteiger partial charge is 0.306 e. The predicted octanol–water partition coefficient (Wildman–Crippen LogP) is 2.30. The summed E-state index contributed by atoms with van der Waals surface area (Å²) in [6.07, 6.45) is 5.33. The van der Waals surface area contributed by atoms with Crippen molar-refractivity contribution in [1.29, 1.82) is 0 Å². The Balaban J connectivity index is 1.59. The number of aliphatic carboxylic acids is 1. The zero-order valence-electron chi connectivity index (χ0n) is 14.4. The van der Waals surface area contributed by atoms with Gasteiger partial charge in [0.1, 0.15) is 17.3 Å². The molecule has 1 fully saturated rings. The van der Waals surface area contributed by atoms with Crippen LogP contribution >= 0.6 is 0 Å². The molecule has 27 heavy (non-hydrogen) atoms. The molecule has 3 aromatic heterocycles. The van der Waals surface area contributed by atoms with Crippen molar-refractivity contribution in [2.24, 2.45) is 5.92 Å². The lowest BCUT2D eigenvalue weighted by Crippen LogP contribution is -2.30. The first kappa shape index (κ1) is 17.2. The molecule has 3 aromatic rings. The maximum absolute atomic E-state index is 13.5. The molecule has 1 aliphatic rings. The van der Waals surface area contributed by atoms with Crippen molar-refractivity contribution in [2.75, 3.05) is 5.32 Å². The van der Waals surface area contributed by atoms with Crippen LogP contribution < -0.4 is 10.9 Å². The molecule has 0 unspecified atom stereocenters. The second kappa shape index (κ2) is 6.82. The van der Waals surface area contributed by atoms with Gasteiger partial charge >= 0.3 is 5.97 Å². The fraction of sp³-hybridized carbons (Fsp3) is 0.333. The molecule has 8 nitrogen and oxygen atoms in total. The fourth-order valence-electron chi connectivity index (χ4n) is 3.49. The zero-order valence-corrected chi connectivity index (χ0v) is 14.4. The van der Waals surface area contributed by atoms with Crippen LogP contribution in [0.4, 0.5) is 10.2 Å². The van der Waals surface area contributed by atoms with Crippen molar-refractivity contribution >= 4 is 22.8 Å². The summed E-state index contributed by atoms with van der Waals surface area (Å²) in [6, 6.07) is 4.39. The molecule has 140 valence electrons. The third kappa shape index (κ3) is 3.40. The van der Waals surface area contributed by atoms with Crippen LogP contribution in [0, 0.1) is 11.7 Å². The highest BCUT2D eigenvalue weighted by Gasteiger charge is 2.26. The molecule has 0 amide bonds. The van der Waals surface area contributed by atoms with Gasteiger partial charge in [0.2, 0.25) is 0 Å². The summed E-state index contributed by atoms with van der Waals surface area (Å²) in [5, 5.41) is 17.2. The van der Waals surface area contributed by atoms with Crippen molar-refractivity contribution in [1.82, 2.24) is 19.7 Å². The summed E-state index contributed by atoms with van der Waals surface area (Å²) in [6.45, 7) is 0. The lowest BCUT2D eigenvalue weighted by Gasteiger charge is -2.27. The monoisotopic (exact) mass is 371 g/mol. The van der Waals surface area contributed by atoms with Crippen molar-refractivity contribution in [2.45, 2.75) is 31.7 Å². The number of hydrogen-bond donors (Lipinski definition) is 3. The SMILES string of the molecule is O=C(O)C1CCC(Nc2ccc(=O)n(-c3c[nH]c4ncc(F)cc34)n2)CC1. The maximum atomic E-state index is 13.5. The minimum atomic E-state index is -0.750. The molecule has 0 aromatic carbocycles. The standard InChI is InChI=1S/C18H18FN5O3/c19-11-7-13-14(9-21-17(13)20-8-11)24-16(25)6-5-15(23-24)22-12-3-1-10(2-4-12)18(26)27/h5-10,12H,1-4H2,(H,20,21)(H,22,23)(H,26,27). The van der Waals surface area contributed by atoms with E-state index < -0.39 is 11.8 Å². The van der Waals surface area contributed by atoms with Crippen molar-refractivity contribution in [3.8, 4) is 5.69 Å². The van der Waals surface area contributed by atoms with Crippen LogP contribution in [0.5, 0.6) is 0 Å². The molecule has 3 heterocycles. The highest BCUT2D eigenvalue weighted by atomic mass is 19.1. The average Bonchev–Trinajstić information content (AvgIpc) is 3.06. The molecule has 9 heteroatoms. The van der Waals surface area contributed by atoms with E-state index in [1.807, 2.05) is 0 Å². The summed E-state index contributed by atoms with van der Waals surface area (Å²) in [5.41, 5.74) is 0.533. The number of rotatable bonds is 4. The summed E-state index contributed by atoms with van der Waals surface area (Å²) in [5.74, 6) is -1.04. The number of carbonyl (C=O) groups is 1. The Morgan fingerprint density at radius 3 is 2.81 bits per heavy atom. The second-order valence-electron chi connectivity index (χ2n) is 6.72. The van der Waals surface area contributed by atoms with E-state index in [0.717, 1.165) is 19.0 Å². The van der Waals surface area contributed by atoms with Crippen LogP contribution in [0.2, 0.25) is 0 Å². The van der Waals surface area contributed by atoms with Gasteiger partial charge in [-0.15, -0.1) is 5.10 Å². The Bertz CT molecular complexity index is 1050. The van der Waals surface area contributed by atoms with E-state index >= 15 is 0 Å². The van der Waals surface area contributed by atoms with Gasteiger partial charge in [-0.25, -0.2) is 9.37 Å². The molecular formula is C18H18FN5O3. The minimum Gasteiger partial charge on any atom is -0.481 e. The molecule has 1 aliphatic carbocycles. The van der Waals surface area contributed by atoms with Gasteiger partial charge in [0.05, 0.1) is 17.8 Å². The third-order valence-corrected chi connectivity index (χ3v) is 4.93. The Kier molecular flexibility index (Phi) is 4.35. The number of H-pyrrole nitrogens is 1. The first-order valence-electron chi connectivity index (χ1n) is 8.74. The van der Waals surface area contributed by atoms with Gasteiger partial charge in [-0.1, -0.05) is 0 Å². The molecule has 0 radical (unpaired) electrons. The number of pyridine rings is 1. The van der Waals surface area contributed by atoms with E-state index in [4.69, 9.17) is 5.11 Å². The van der Waals surface area contributed by atoms with Crippen LogP contribution in [0.3, 0.4) is 0 Å². The summed E-state index contributed by atoms with van der Waals surface area (Å²) in [7, 11) is 0. The van der Waals surface area contributed by atoms with E-state index in [1.54, 1.807) is 12.3 Å². The van der Waals surface area contributed by atoms with E-state index in [1.165, 1.54) is 16.8 Å². The van der Waals surface area contributed by atoms with Gasteiger partial charge in [0.15, 0.2) is 0 Å². The largest absolute Gasteiger partial charge is 0.481 e. The normalized spacial score (nSPS) is 19.9. The molecule has 0 spiro atoms. The maximum Gasteiger partial charge on any atom is 0.306 e. The van der Waals surface area contributed by atoms with E-state index in [2.05, 4.69) is 20.4 Å². The van der Waals surface area contributed by atoms with Gasteiger partial charge < -0.3 is 15.4 Å². The number of carboxylic acids is 1. The van der Waals surface area contributed by atoms with Crippen molar-refractivity contribution in [3.05, 3.63) is 46.8 Å². The number of aromatic nitrogens is 4. The van der Waals surface area contributed by atoms with E-state index in [9.17, 15) is 14.0 Å². The van der Waals surface area contributed by atoms with Crippen molar-refractivity contribution in [3.63, 3.8) is 0 Å². The summed E-state index contributed by atoms with van der Waals surface area (Å²) in [4.78, 5) is 30.2. The number of fused-ring (bicyclic) bond motifs is 1. The highest BCUT2D eigenvalue weighted by Crippen LogP contribution is 2.26. The Morgan fingerprint density at radius 2 is 2.07 bits per heavy atom. The lowest BCUT2D eigenvalue weighted by molar-refractivity contribution is -0.142. The number of aromatic amines is 1. The quantitative estimate of drug-likeness (QED) is 0.649. The average molecular weight is 371 g/mol. The summed E-state index contributed by atoms with van der Waals surface area (Å²) < 4.78 is 14.7. The number of nitrogens with zero attached hydrogens (tertiary/aromatic N) is 3. The predicted molar refractivity (Wildman–Crippen MR) is 96.4 cm³/mol. The summed E-state index contributed by atoms with van der Waals surface area (Å²) >= 11 is 0. The van der Waals surface area contributed by atoms with Crippen LogP contribution in [-0.4, -0.2) is 36.9 Å². The first-order valence-corrected chi connectivity index (χ1v) is 8.74. The third-order valence-electron chi connectivity index (χ3n) is 4.93. The van der Waals surface area contributed by atoms with Crippen LogP contribution in [-0.2, 0) is 4.79 Å². The molecule has 1 saturated carbocycles. The zero-order chi connectivity index (χ0) is 19.0. The number of nitrogens with one attached hydrogen (secondary N) is 2. The van der Waals surface area contributed by atoms with E-state index in [0.29, 0.717) is 35.4 Å². The first-order chi connectivity index (χ1) is 13.0. The van der Waals surface area contributed by atoms with Crippen LogP contribution in [0.1, 0.15) is 25.7 Å². The topological polar surface area (TPSA) is 113 Å². The van der Waals surface area contributed by atoms with Crippen LogP contribution in [0.15, 0.2) is 35.4 Å². The Hall–Kier alpha value is -3.23. The number of halogens is 1. The minimum absolute atomic E-state index is 0.0983. The lowest BCUT2D eigenvalue weighted by atomic mass is 9.86. The van der Waals surface area contributed by atoms with Gasteiger partial charge in [-0.2, -0.15) is 4.68 Å². The highest BCUT2D eigenvalue weighted by molar-refractivity contribution is 5.85. The molecule has 0 aliphatic heterocycles. The molecule has 3 N–H and O–H groups in total. The second-order valence-corrected chi connectivity index (χ2v) is 6.72. The van der Waals surface area contributed by atoms with Gasteiger partial charge in [-0.3, -0.25) is 9.59 Å². The van der Waals surface area contributed by atoms with Gasteiger partial charge in [0.25, 0.3) is 5.56 Å². The molecule has 0 saturated heterocycles. The van der Waals surface area contributed by atoms with Crippen molar-refractivity contribution < 1.29 is 14.3 Å².